The summed E-state index contributed by atoms with van der Waals surface area (Å²) >= 11 is 3.67. The van der Waals surface area contributed by atoms with Gasteiger partial charge in [0.15, 0.2) is 5.65 Å². The summed E-state index contributed by atoms with van der Waals surface area (Å²) in [4.78, 5) is 5.01. The molecule has 0 atom stereocenters. The van der Waals surface area contributed by atoms with Crippen LogP contribution < -0.4 is 5.73 Å². The lowest BCUT2D eigenvalue weighted by Gasteiger charge is -2.22. The fourth-order valence-electron chi connectivity index (χ4n) is 3.97. The molecule has 1 saturated carbocycles. The highest BCUT2D eigenvalue weighted by Crippen LogP contribution is 2.39. The van der Waals surface area contributed by atoms with E-state index in [-0.39, 0.29) is 0 Å². The Bertz CT molecular complexity index is 1110. The number of hydrogen-bond donors (Lipinski definition) is 2. The van der Waals surface area contributed by atoms with Crippen LogP contribution in [-0.4, -0.2) is 24.8 Å². The van der Waals surface area contributed by atoms with Crippen LogP contribution in [0, 0.1) is 0 Å². The second-order valence-electron chi connectivity index (χ2n) is 7.00. The highest BCUT2D eigenvalue weighted by Gasteiger charge is 2.23. The van der Waals surface area contributed by atoms with E-state index in [1.807, 2.05) is 18.5 Å². The van der Waals surface area contributed by atoms with E-state index in [0.717, 1.165) is 37.8 Å². The summed E-state index contributed by atoms with van der Waals surface area (Å²) in [7, 11) is 0. The zero-order valence-electron chi connectivity index (χ0n) is 14.2. The minimum Gasteiger partial charge on any atom is -0.383 e. The number of nitrogens with two attached hydrogens (primary N) is 1. The molecule has 7 heteroatoms. The van der Waals surface area contributed by atoms with Crippen molar-refractivity contribution in [3.05, 3.63) is 40.8 Å². The Morgan fingerprint density at radius 1 is 1.15 bits per heavy atom. The van der Waals surface area contributed by atoms with Gasteiger partial charge in [0.2, 0.25) is 0 Å². The first-order valence-electron chi connectivity index (χ1n) is 8.98. The lowest BCUT2D eigenvalue weighted by molar-refractivity contribution is 0.435. The molecule has 1 aromatic carbocycles. The van der Waals surface area contributed by atoms with Crippen LogP contribution in [0.15, 0.2) is 35.1 Å². The summed E-state index contributed by atoms with van der Waals surface area (Å²) in [5.74, 6) is 1.08. The Balaban J connectivity index is 1.69. The third-order valence-electron chi connectivity index (χ3n) is 5.39. The second kappa shape index (κ2) is 6.09. The topological polar surface area (TPSA) is 84.9 Å². The van der Waals surface area contributed by atoms with Crippen LogP contribution in [0.5, 0.6) is 0 Å². The van der Waals surface area contributed by atoms with E-state index in [1.54, 1.807) is 4.52 Å². The Hall–Kier alpha value is -2.41. The van der Waals surface area contributed by atoms with Gasteiger partial charge in [-0.15, -0.1) is 0 Å². The number of anilines is 1. The van der Waals surface area contributed by atoms with Gasteiger partial charge in [-0.3, -0.25) is 5.10 Å². The number of nitrogens with zero attached hydrogens (tertiary/aromatic N) is 4. The smallest absolute Gasteiger partial charge is 0.165 e. The number of fused-ring (bicyclic) bond motifs is 2. The molecule has 0 spiro atoms. The highest BCUT2D eigenvalue weighted by atomic mass is 79.9. The molecule has 1 fully saturated rings. The van der Waals surface area contributed by atoms with E-state index in [1.165, 1.54) is 32.1 Å². The quantitative estimate of drug-likeness (QED) is 0.502. The predicted octanol–water partition coefficient (Wildman–Crippen LogP) is 4.67. The van der Waals surface area contributed by atoms with Crippen LogP contribution in [-0.2, 0) is 0 Å². The molecule has 26 heavy (non-hydrogen) atoms. The van der Waals surface area contributed by atoms with E-state index < -0.39 is 0 Å². The van der Waals surface area contributed by atoms with Crippen molar-refractivity contribution in [2.24, 2.45) is 0 Å². The van der Waals surface area contributed by atoms with Crippen molar-refractivity contribution < 1.29 is 0 Å². The van der Waals surface area contributed by atoms with Crippen molar-refractivity contribution in [1.82, 2.24) is 24.8 Å². The Morgan fingerprint density at radius 3 is 2.85 bits per heavy atom. The number of rotatable bonds is 2. The Labute approximate surface area is 158 Å². The molecule has 4 aromatic rings. The maximum Gasteiger partial charge on any atom is 0.165 e. The average Bonchev–Trinajstić information content (AvgIpc) is 3.31. The standard InChI is InChI=1S/C19H19BrN6/c20-16-17(11-4-2-1-3-5-11)24-19-14(10-23-26(19)18(16)21)12-6-7-15-13(8-12)9-22-25-15/h6-11H,1-5,21H2,(H,22,25). The van der Waals surface area contributed by atoms with Gasteiger partial charge in [0, 0.05) is 16.9 Å². The van der Waals surface area contributed by atoms with Gasteiger partial charge in [-0.25, -0.2) is 4.98 Å². The SMILES string of the molecule is Nc1c(Br)c(C2CCCCC2)nc2c(-c3ccc4[nH]ncc4c3)cnn12. The monoisotopic (exact) mass is 410 g/mol. The second-order valence-corrected chi connectivity index (χ2v) is 7.79. The highest BCUT2D eigenvalue weighted by molar-refractivity contribution is 9.10. The van der Waals surface area contributed by atoms with Crippen molar-refractivity contribution >= 4 is 38.3 Å². The predicted molar refractivity (Wildman–Crippen MR) is 106 cm³/mol. The first-order valence-corrected chi connectivity index (χ1v) is 9.78. The van der Waals surface area contributed by atoms with Crippen LogP contribution in [0.1, 0.15) is 43.7 Å². The number of H-pyrrole nitrogens is 1. The zero-order chi connectivity index (χ0) is 17.7. The number of benzene rings is 1. The van der Waals surface area contributed by atoms with E-state index >= 15 is 0 Å². The fourth-order valence-corrected chi connectivity index (χ4v) is 4.55. The van der Waals surface area contributed by atoms with Gasteiger partial charge in [0.25, 0.3) is 0 Å². The molecular formula is C19H19BrN6. The summed E-state index contributed by atoms with van der Waals surface area (Å²) < 4.78 is 2.61. The van der Waals surface area contributed by atoms with Gasteiger partial charge in [-0.05, 0) is 46.5 Å². The normalized spacial score (nSPS) is 15.9. The van der Waals surface area contributed by atoms with Gasteiger partial charge < -0.3 is 5.73 Å². The van der Waals surface area contributed by atoms with E-state index in [0.29, 0.717) is 11.7 Å². The molecule has 3 N–H and O–H groups in total. The van der Waals surface area contributed by atoms with Gasteiger partial charge in [-0.2, -0.15) is 14.7 Å². The van der Waals surface area contributed by atoms with E-state index in [9.17, 15) is 0 Å². The van der Waals surface area contributed by atoms with Gasteiger partial charge in [0.1, 0.15) is 5.82 Å². The molecule has 0 bridgehead atoms. The van der Waals surface area contributed by atoms with E-state index in [2.05, 4.69) is 43.4 Å². The van der Waals surface area contributed by atoms with Crippen LogP contribution in [0.25, 0.3) is 27.7 Å². The summed E-state index contributed by atoms with van der Waals surface area (Å²) in [5, 5.41) is 12.6. The molecular weight excluding hydrogens is 392 g/mol. The van der Waals surface area contributed by atoms with Crippen LogP contribution in [0.2, 0.25) is 0 Å². The first-order chi connectivity index (χ1) is 12.7. The van der Waals surface area contributed by atoms with Gasteiger partial charge in [-0.1, -0.05) is 25.3 Å². The maximum absolute atomic E-state index is 6.39. The van der Waals surface area contributed by atoms with Crippen molar-refractivity contribution in [1.29, 1.82) is 0 Å². The minimum atomic E-state index is 0.463. The molecule has 3 aromatic heterocycles. The Kier molecular flexibility index (Phi) is 3.70. The number of nitrogens with one attached hydrogen (secondary N) is 1. The number of halogens is 1. The molecule has 0 radical (unpaired) electrons. The van der Waals surface area contributed by atoms with Crippen LogP contribution in [0.4, 0.5) is 5.82 Å². The molecule has 0 saturated heterocycles. The largest absolute Gasteiger partial charge is 0.383 e. The molecule has 0 amide bonds. The van der Waals surface area contributed by atoms with Crippen molar-refractivity contribution in [2.75, 3.05) is 5.73 Å². The minimum absolute atomic E-state index is 0.463. The molecule has 0 aliphatic heterocycles. The third kappa shape index (κ3) is 2.41. The van der Waals surface area contributed by atoms with Gasteiger partial charge in [0.05, 0.1) is 28.1 Å². The molecule has 1 aliphatic carbocycles. The van der Waals surface area contributed by atoms with Crippen molar-refractivity contribution in [3.63, 3.8) is 0 Å². The number of aromatic amines is 1. The average molecular weight is 411 g/mol. The zero-order valence-corrected chi connectivity index (χ0v) is 15.8. The van der Waals surface area contributed by atoms with Crippen LogP contribution in [0.3, 0.4) is 0 Å². The third-order valence-corrected chi connectivity index (χ3v) is 6.20. The summed E-state index contributed by atoms with van der Waals surface area (Å²) in [6, 6.07) is 6.21. The molecule has 5 rings (SSSR count). The number of nitrogen functional groups attached to an aromatic ring is 1. The molecule has 0 unspecified atom stereocenters. The van der Waals surface area contributed by atoms with Crippen molar-refractivity contribution in [3.8, 4) is 11.1 Å². The first kappa shape index (κ1) is 15.8. The summed E-state index contributed by atoms with van der Waals surface area (Å²) in [5.41, 5.74) is 11.3. The fraction of sp³-hybridized carbons (Fsp3) is 0.316. The summed E-state index contributed by atoms with van der Waals surface area (Å²) in [6.07, 6.45) is 9.85. The lowest BCUT2D eigenvalue weighted by Crippen LogP contribution is -2.11. The van der Waals surface area contributed by atoms with Gasteiger partial charge >= 0.3 is 0 Å². The Morgan fingerprint density at radius 2 is 2.00 bits per heavy atom. The lowest BCUT2D eigenvalue weighted by atomic mass is 9.87. The molecule has 1 aliphatic rings. The van der Waals surface area contributed by atoms with Crippen LogP contribution >= 0.6 is 15.9 Å². The van der Waals surface area contributed by atoms with Crippen molar-refractivity contribution in [2.45, 2.75) is 38.0 Å². The number of hydrogen-bond acceptors (Lipinski definition) is 4. The molecule has 3 heterocycles. The maximum atomic E-state index is 6.39. The number of aromatic nitrogens is 5. The molecule has 132 valence electrons. The van der Waals surface area contributed by atoms with E-state index in [4.69, 9.17) is 10.7 Å². The molecule has 6 nitrogen and oxygen atoms in total. The summed E-state index contributed by atoms with van der Waals surface area (Å²) in [6.45, 7) is 0.